The maximum atomic E-state index is 11.3. The first kappa shape index (κ1) is 11.6. The van der Waals surface area contributed by atoms with Gasteiger partial charge in [0.15, 0.2) is 0 Å². The van der Waals surface area contributed by atoms with Gasteiger partial charge in [-0.1, -0.05) is 18.2 Å². The molecule has 1 N–H and O–H groups in total. The Morgan fingerprint density at radius 3 is 2.65 bits per heavy atom. The number of carboxylic acid groups (broad SMARTS) is 1. The molecular weight excluding hydrogens is 218 g/mol. The molecule has 0 saturated carbocycles. The maximum Gasteiger partial charge on any atom is 0.335 e. The molecule has 90 valence electrons. The monoisotopic (exact) mass is 233 g/mol. The van der Waals surface area contributed by atoms with Gasteiger partial charge in [0.25, 0.3) is 0 Å². The van der Waals surface area contributed by atoms with Gasteiger partial charge in [0.2, 0.25) is 5.91 Å². The van der Waals surface area contributed by atoms with E-state index in [1.54, 1.807) is 24.0 Å². The van der Waals surface area contributed by atoms with Crippen LogP contribution in [-0.4, -0.2) is 35.0 Å². The van der Waals surface area contributed by atoms with E-state index in [4.69, 9.17) is 5.11 Å². The number of carbonyl (C=O) groups is 2. The van der Waals surface area contributed by atoms with Gasteiger partial charge in [-0.15, -0.1) is 0 Å². The Labute approximate surface area is 99.9 Å². The summed E-state index contributed by atoms with van der Waals surface area (Å²) in [6, 6.07) is 7.04. The highest BCUT2D eigenvalue weighted by Crippen LogP contribution is 2.29. The summed E-state index contributed by atoms with van der Waals surface area (Å²) in [4.78, 5) is 24.1. The number of hydrogen-bond donors (Lipinski definition) is 1. The third kappa shape index (κ3) is 2.30. The van der Waals surface area contributed by atoms with Gasteiger partial charge >= 0.3 is 5.97 Å². The molecule has 17 heavy (non-hydrogen) atoms. The van der Waals surface area contributed by atoms with Crippen molar-refractivity contribution in [2.45, 2.75) is 19.3 Å². The van der Waals surface area contributed by atoms with Crippen LogP contribution in [0.25, 0.3) is 0 Å². The van der Waals surface area contributed by atoms with Crippen molar-refractivity contribution in [1.82, 2.24) is 4.90 Å². The zero-order chi connectivity index (χ0) is 12.4. The molecule has 2 rings (SSSR count). The fraction of sp³-hybridized carbons (Fsp3) is 0.385. The minimum atomic E-state index is -0.901. The predicted molar refractivity (Wildman–Crippen MR) is 63.0 cm³/mol. The summed E-state index contributed by atoms with van der Waals surface area (Å²) >= 11 is 0. The molecule has 0 bridgehead atoms. The number of carbonyl (C=O) groups excluding carboxylic acids is 1. The lowest BCUT2D eigenvalue weighted by Crippen LogP contribution is -2.25. The van der Waals surface area contributed by atoms with Crippen LogP contribution in [0, 0.1) is 0 Å². The molecule has 1 aliphatic heterocycles. The van der Waals surface area contributed by atoms with Crippen LogP contribution in [-0.2, 0) is 4.79 Å². The van der Waals surface area contributed by atoms with Gasteiger partial charge in [-0.05, 0) is 18.1 Å². The average molecular weight is 233 g/mol. The lowest BCUT2D eigenvalue weighted by Gasteiger charge is -2.15. The quantitative estimate of drug-likeness (QED) is 0.846. The normalized spacial score (nSPS) is 19.4. The van der Waals surface area contributed by atoms with E-state index in [0.29, 0.717) is 18.7 Å². The largest absolute Gasteiger partial charge is 0.478 e. The third-order valence-corrected chi connectivity index (χ3v) is 3.26. The molecule has 1 aromatic carbocycles. The zero-order valence-corrected chi connectivity index (χ0v) is 9.72. The average Bonchev–Trinajstić information content (AvgIpc) is 2.78. The van der Waals surface area contributed by atoms with Crippen LogP contribution in [0.15, 0.2) is 24.3 Å². The molecule has 1 saturated heterocycles. The highest BCUT2D eigenvalue weighted by molar-refractivity contribution is 5.89. The van der Waals surface area contributed by atoms with Crippen molar-refractivity contribution in [1.29, 1.82) is 0 Å². The first-order valence-corrected chi connectivity index (χ1v) is 5.67. The first-order valence-electron chi connectivity index (χ1n) is 5.67. The lowest BCUT2D eigenvalue weighted by molar-refractivity contribution is -0.127. The van der Waals surface area contributed by atoms with E-state index < -0.39 is 5.97 Å². The second kappa shape index (κ2) is 4.57. The summed E-state index contributed by atoms with van der Waals surface area (Å²) in [5.74, 6) is -0.701. The number of nitrogens with zero attached hydrogens (tertiary/aromatic N) is 1. The fourth-order valence-corrected chi connectivity index (χ4v) is 2.35. The van der Waals surface area contributed by atoms with Crippen LogP contribution in [0.4, 0.5) is 0 Å². The Kier molecular flexibility index (Phi) is 3.13. The van der Waals surface area contributed by atoms with Crippen molar-refractivity contribution < 1.29 is 14.7 Å². The van der Waals surface area contributed by atoms with Crippen LogP contribution in [0.3, 0.4) is 0 Å². The molecule has 0 radical (unpaired) electrons. The summed E-state index contributed by atoms with van der Waals surface area (Å²) < 4.78 is 0. The summed E-state index contributed by atoms with van der Waals surface area (Å²) in [5, 5.41) is 9.12. The SMILES string of the molecule is CC(=O)N1CCC(c2ccccc2C(=O)O)C1. The number of amides is 1. The number of benzene rings is 1. The van der Waals surface area contributed by atoms with Crippen molar-refractivity contribution in [3.8, 4) is 0 Å². The van der Waals surface area contributed by atoms with Crippen LogP contribution >= 0.6 is 0 Å². The molecule has 1 unspecified atom stereocenters. The van der Waals surface area contributed by atoms with Crippen molar-refractivity contribution in [2.75, 3.05) is 13.1 Å². The van der Waals surface area contributed by atoms with Gasteiger partial charge in [0, 0.05) is 25.9 Å². The molecule has 1 aromatic rings. The number of carboxylic acids is 1. The van der Waals surface area contributed by atoms with Crippen molar-refractivity contribution in [2.24, 2.45) is 0 Å². The second-order valence-electron chi connectivity index (χ2n) is 4.34. The first-order chi connectivity index (χ1) is 8.09. The summed E-state index contributed by atoms with van der Waals surface area (Å²) in [5.41, 5.74) is 1.19. The Bertz CT molecular complexity index is 456. The molecule has 1 fully saturated rings. The standard InChI is InChI=1S/C13H15NO3/c1-9(15)14-7-6-10(8-14)11-4-2-3-5-12(11)13(16)17/h2-5,10H,6-8H2,1H3,(H,16,17). The summed E-state index contributed by atoms with van der Waals surface area (Å²) in [6.07, 6.45) is 0.837. The van der Waals surface area contributed by atoms with E-state index in [1.165, 1.54) is 0 Å². The lowest BCUT2D eigenvalue weighted by atomic mass is 9.93. The Morgan fingerprint density at radius 1 is 1.35 bits per heavy atom. The second-order valence-corrected chi connectivity index (χ2v) is 4.34. The Morgan fingerprint density at radius 2 is 2.06 bits per heavy atom. The molecule has 1 atom stereocenters. The van der Waals surface area contributed by atoms with E-state index in [-0.39, 0.29) is 11.8 Å². The van der Waals surface area contributed by atoms with Crippen LogP contribution in [0.1, 0.15) is 35.2 Å². The number of likely N-dealkylation sites (tertiary alicyclic amines) is 1. The maximum absolute atomic E-state index is 11.3. The van der Waals surface area contributed by atoms with Crippen LogP contribution < -0.4 is 0 Å². The van der Waals surface area contributed by atoms with E-state index in [1.807, 2.05) is 12.1 Å². The van der Waals surface area contributed by atoms with Gasteiger partial charge in [0.1, 0.15) is 0 Å². The zero-order valence-electron chi connectivity index (χ0n) is 9.72. The molecule has 1 amide bonds. The van der Waals surface area contributed by atoms with Gasteiger partial charge in [0.05, 0.1) is 5.56 Å². The number of hydrogen-bond acceptors (Lipinski definition) is 2. The van der Waals surface area contributed by atoms with Crippen molar-refractivity contribution in [3.05, 3.63) is 35.4 Å². The highest BCUT2D eigenvalue weighted by atomic mass is 16.4. The van der Waals surface area contributed by atoms with Gasteiger partial charge in [-0.3, -0.25) is 4.79 Å². The number of aromatic carboxylic acids is 1. The van der Waals surface area contributed by atoms with E-state index in [9.17, 15) is 9.59 Å². The van der Waals surface area contributed by atoms with Gasteiger partial charge in [-0.2, -0.15) is 0 Å². The van der Waals surface area contributed by atoms with E-state index in [2.05, 4.69) is 0 Å². The topological polar surface area (TPSA) is 57.6 Å². The van der Waals surface area contributed by atoms with Crippen molar-refractivity contribution in [3.63, 3.8) is 0 Å². The number of rotatable bonds is 2. The summed E-state index contributed by atoms with van der Waals surface area (Å²) in [7, 11) is 0. The molecule has 1 aliphatic rings. The Hall–Kier alpha value is -1.84. The molecule has 0 aliphatic carbocycles. The molecule has 0 spiro atoms. The summed E-state index contributed by atoms with van der Waals surface area (Å²) in [6.45, 7) is 2.89. The molecule has 1 heterocycles. The van der Waals surface area contributed by atoms with E-state index >= 15 is 0 Å². The highest BCUT2D eigenvalue weighted by Gasteiger charge is 2.27. The van der Waals surface area contributed by atoms with Crippen LogP contribution in [0.5, 0.6) is 0 Å². The third-order valence-electron chi connectivity index (χ3n) is 3.26. The minimum absolute atomic E-state index is 0.0558. The van der Waals surface area contributed by atoms with Crippen molar-refractivity contribution >= 4 is 11.9 Å². The van der Waals surface area contributed by atoms with Gasteiger partial charge < -0.3 is 10.0 Å². The molecule has 4 heteroatoms. The van der Waals surface area contributed by atoms with E-state index in [0.717, 1.165) is 12.0 Å². The Balaban J connectivity index is 2.24. The molecule has 0 aromatic heterocycles. The predicted octanol–water partition coefficient (Wildman–Crippen LogP) is 1.72. The minimum Gasteiger partial charge on any atom is -0.478 e. The molecule has 4 nitrogen and oxygen atoms in total. The smallest absolute Gasteiger partial charge is 0.335 e. The molecular formula is C13H15NO3. The fourth-order valence-electron chi connectivity index (χ4n) is 2.35. The van der Waals surface area contributed by atoms with Gasteiger partial charge in [-0.25, -0.2) is 4.79 Å². The van der Waals surface area contributed by atoms with Crippen LogP contribution in [0.2, 0.25) is 0 Å².